The van der Waals surface area contributed by atoms with Crippen LogP contribution in [0.1, 0.15) is 42.9 Å². The molecule has 3 rings (SSSR count). The van der Waals surface area contributed by atoms with Crippen LogP contribution in [-0.2, 0) is 4.79 Å². The minimum Gasteiger partial charge on any atom is -0.481 e. The van der Waals surface area contributed by atoms with Crippen molar-refractivity contribution in [1.29, 1.82) is 0 Å². The zero-order valence-electron chi connectivity index (χ0n) is 15.0. The van der Waals surface area contributed by atoms with Crippen LogP contribution in [0.5, 0.6) is 5.75 Å². The van der Waals surface area contributed by atoms with Gasteiger partial charge in [0.25, 0.3) is 5.91 Å². The van der Waals surface area contributed by atoms with E-state index in [0.29, 0.717) is 17.1 Å². The van der Waals surface area contributed by atoms with Crippen molar-refractivity contribution in [2.45, 2.75) is 32.9 Å². The summed E-state index contributed by atoms with van der Waals surface area (Å²) in [4.78, 5) is 23.9. The van der Waals surface area contributed by atoms with Gasteiger partial charge in [0.1, 0.15) is 17.1 Å². The number of nitrogens with one attached hydrogen (secondary N) is 1. The quantitative estimate of drug-likeness (QED) is 0.673. The number of Topliss-reactive ketones (excluding diaryl/α,β-unsaturated/α-hetero) is 1. The van der Waals surface area contributed by atoms with Crippen molar-refractivity contribution in [2.24, 2.45) is 0 Å². The smallest absolute Gasteiger partial charge is 0.261 e. The number of hydrogen-bond donors (Lipinski definition) is 1. The molecule has 5 heteroatoms. The van der Waals surface area contributed by atoms with Gasteiger partial charge in [-0.25, -0.2) is 0 Å². The van der Waals surface area contributed by atoms with E-state index in [0.717, 1.165) is 11.0 Å². The number of benzene rings is 2. The second kappa shape index (κ2) is 7.44. The molecule has 0 aliphatic carbocycles. The van der Waals surface area contributed by atoms with Crippen LogP contribution >= 0.6 is 0 Å². The van der Waals surface area contributed by atoms with E-state index < -0.39 is 6.10 Å². The number of amides is 1. The van der Waals surface area contributed by atoms with Crippen molar-refractivity contribution in [1.82, 2.24) is 5.32 Å². The first-order chi connectivity index (χ1) is 12.4. The molecule has 3 aromatic rings. The van der Waals surface area contributed by atoms with E-state index in [9.17, 15) is 9.59 Å². The fourth-order valence-electron chi connectivity index (χ4n) is 2.66. The number of fused-ring (bicyclic) bond motifs is 1. The first kappa shape index (κ1) is 17.7. The van der Waals surface area contributed by atoms with Crippen molar-refractivity contribution in [3.63, 3.8) is 0 Å². The Morgan fingerprint density at radius 3 is 2.54 bits per heavy atom. The molecule has 0 aliphatic rings. The fraction of sp³-hybridized carbons (Fsp3) is 0.238. The highest BCUT2D eigenvalue weighted by molar-refractivity contribution is 5.94. The molecule has 1 aromatic heterocycles. The summed E-state index contributed by atoms with van der Waals surface area (Å²) in [6, 6.07) is 16.1. The molecule has 0 saturated heterocycles. The zero-order chi connectivity index (χ0) is 18.7. The predicted molar refractivity (Wildman–Crippen MR) is 99.3 cm³/mol. The molecule has 0 fully saturated rings. The molecule has 0 radical (unpaired) electrons. The van der Waals surface area contributed by atoms with E-state index in [1.807, 2.05) is 37.3 Å². The van der Waals surface area contributed by atoms with Gasteiger partial charge >= 0.3 is 0 Å². The van der Waals surface area contributed by atoms with Gasteiger partial charge in [-0.1, -0.05) is 30.3 Å². The molecule has 5 nitrogen and oxygen atoms in total. The monoisotopic (exact) mass is 351 g/mol. The number of furan rings is 1. The lowest BCUT2D eigenvalue weighted by Crippen LogP contribution is -2.37. The number of ketones is 1. The number of carbonyl (C=O) groups is 2. The number of para-hydroxylation sites is 1. The van der Waals surface area contributed by atoms with Gasteiger partial charge in [0.15, 0.2) is 11.9 Å². The molecule has 0 aliphatic heterocycles. The summed E-state index contributed by atoms with van der Waals surface area (Å²) in [5.41, 5.74) is 1.33. The van der Waals surface area contributed by atoms with Crippen LogP contribution in [0.2, 0.25) is 0 Å². The first-order valence-electron chi connectivity index (χ1n) is 8.50. The minimum absolute atomic E-state index is 0.0499. The Bertz CT molecular complexity index is 911. The van der Waals surface area contributed by atoms with Crippen molar-refractivity contribution < 1.29 is 18.7 Å². The van der Waals surface area contributed by atoms with Crippen LogP contribution < -0.4 is 10.1 Å². The molecule has 0 spiro atoms. The van der Waals surface area contributed by atoms with E-state index in [1.54, 1.807) is 31.2 Å². The molecule has 0 saturated carbocycles. The Labute approximate surface area is 152 Å². The molecule has 0 bridgehead atoms. The van der Waals surface area contributed by atoms with E-state index in [4.69, 9.17) is 9.15 Å². The maximum atomic E-state index is 12.4. The summed E-state index contributed by atoms with van der Waals surface area (Å²) in [7, 11) is 0. The lowest BCUT2D eigenvalue weighted by atomic mass is 10.1. The van der Waals surface area contributed by atoms with Crippen LogP contribution in [0.25, 0.3) is 11.0 Å². The Morgan fingerprint density at radius 2 is 1.81 bits per heavy atom. The predicted octanol–water partition coefficient (Wildman–Crippen LogP) is 4.28. The van der Waals surface area contributed by atoms with Gasteiger partial charge in [0.2, 0.25) is 0 Å². The third-order valence-electron chi connectivity index (χ3n) is 4.15. The van der Waals surface area contributed by atoms with Gasteiger partial charge in [-0.3, -0.25) is 9.59 Å². The van der Waals surface area contributed by atoms with Gasteiger partial charge in [-0.2, -0.15) is 0 Å². The van der Waals surface area contributed by atoms with Crippen LogP contribution in [0.3, 0.4) is 0 Å². The minimum atomic E-state index is -0.705. The molecular formula is C21H21NO4. The lowest BCUT2D eigenvalue weighted by molar-refractivity contribution is -0.128. The van der Waals surface area contributed by atoms with E-state index in [-0.39, 0.29) is 17.7 Å². The van der Waals surface area contributed by atoms with Gasteiger partial charge < -0.3 is 14.5 Å². The molecule has 1 amide bonds. The summed E-state index contributed by atoms with van der Waals surface area (Å²) in [6.45, 7) is 5.02. The average Bonchev–Trinajstić information content (AvgIpc) is 3.06. The van der Waals surface area contributed by atoms with Gasteiger partial charge in [-0.05, 0) is 45.0 Å². The summed E-state index contributed by atoms with van der Waals surface area (Å²) < 4.78 is 11.4. The summed E-state index contributed by atoms with van der Waals surface area (Å²) in [6.07, 6.45) is -0.705. The standard InChI is InChI=1S/C21H21NO4/c1-13(20-12-17-7-4-5-10-19(17)26-20)22-21(24)15(3)25-18-9-6-8-16(11-18)14(2)23/h4-13,15H,1-3H3,(H,22,24). The number of carbonyl (C=O) groups excluding carboxylic acids is 2. The van der Waals surface area contributed by atoms with E-state index in [1.165, 1.54) is 6.92 Å². The Hall–Kier alpha value is -3.08. The number of hydrogen-bond acceptors (Lipinski definition) is 4. The van der Waals surface area contributed by atoms with Crippen molar-refractivity contribution in [3.05, 3.63) is 65.9 Å². The fourth-order valence-corrected chi connectivity index (χ4v) is 2.66. The Balaban J connectivity index is 1.65. The summed E-state index contributed by atoms with van der Waals surface area (Å²) >= 11 is 0. The zero-order valence-corrected chi connectivity index (χ0v) is 15.0. The third-order valence-corrected chi connectivity index (χ3v) is 4.15. The summed E-state index contributed by atoms with van der Waals surface area (Å²) in [5.74, 6) is 0.860. The third kappa shape index (κ3) is 3.94. The van der Waals surface area contributed by atoms with Crippen LogP contribution in [-0.4, -0.2) is 17.8 Å². The highest BCUT2D eigenvalue weighted by Gasteiger charge is 2.20. The largest absolute Gasteiger partial charge is 0.481 e. The second-order valence-corrected chi connectivity index (χ2v) is 6.26. The molecule has 26 heavy (non-hydrogen) atoms. The lowest BCUT2D eigenvalue weighted by Gasteiger charge is -2.17. The maximum Gasteiger partial charge on any atom is 0.261 e. The molecule has 1 heterocycles. The maximum absolute atomic E-state index is 12.4. The SMILES string of the molecule is CC(=O)c1cccc(OC(C)C(=O)NC(C)c2cc3ccccc3o2)c1. The van der Waals surface area contributed by atoms with Gasteiger partial charge in [-0.15, -0.1) is 0 Å². The Morgan fingerprint density at radius 1 is 1.04 bits per heavy atom. The molecule has 2 aromatic carbocycles. The summed E-state index contributed by atoms with van der Waals surface area (Å²) in [5, 5.41) is 3.88. The normalized spacial score (nSPS) is 13.2. The molecule has 2 atom stereocenters. The van der Waals surface area contributed by atoms with E-state index >= 15 is 0 Å². The number of rotatable bonds is 6. The van der Waals surface area contributed by atoms with Crippen LogP contribution in [0.15, 0.2) is 59.0 Å². The van der Waals surface area contributed by atoms with Crippen molar-refractivity contribution in [3.8, 4) is 5.75 Å². The van der Waals surface area contributed by atoms with Gasteiger partial charge in [0.05, 0.1) is 6.04 Å². The van der Waals surface area contributed by atoms with Crippen LogP contribution in [0.4, 0.5) is 0 Å². The van der Waals surface area contributed by atoms with Crippen LogP contribution in [0, 0.1) is 0 Å². The number of ether oxygens (including phenoxy) is 1. The average molecular weight is 351 g/mol. The second-order valence-electron chi connectivity index (χ2n) is 6.26. The first-order valence-corrected chi connectivity index (χ1v) is 8.50. The highest BCUT2D eigenvalue weighted by Crippen LogP contribution is 2.24. The van der Waals surface area contributed by atoms with Crippen molar-refractivity contribution in [2.75, 3.05) is 0 Å². The van der Waals surface area contributed by atoms with E-state index in [2.05, 4.69) is 5.32 Å². The molecule has 2 unspecified atom stereocenters. The Kier molecular flexibility index (Phi) is 5.07. The highest BCUT2D eigenvalue weighted by atomic mass is 16.5. The molecule has 1 N–H and O–H groups in total. The topological polar surface area (TPSA) is 68.5 Å². The molecule has 134 valence electrons. The van der Waals surface area contributed by atoms with Crippen molar-refractivity contribution >= 4 is 22.7 Å². The molecular weight excluding hydrogens is 330 g/mol. The van der Waals surface area contributed by atoms with Gasteiger partial charge in [0, 0.05) is 10.9 Å².